The molecule has 4 nitrogen and oxygen atoms in total. The highest BCUT2D eigenvalue weighted by molar-refractivity contribution is 7.99. The molecule has 0 aliphatic rings. The van der Waals surface area contributed by atoms with Crippen molar-refractivity contribution in [2.75, 3.05) is 5.75 Å². The molecule has 0 N–H and O–H groups in total. The average molecular weight is 449 g/mol. The number of fused-ring (bicyclic) bond motifs is 1. The molecule has 0 saturated carbocycles. The number of carbonyl (C=O) groups excluding carboxylic acids is 1. The maximum atomic E-state index is 13.5. The number of para-hydroxylation sites is 2. The maximum absolute atomic E-state index is 13.5. The lowest BCUT2D eigenvalue weighted by Gasteiger charge is -2.18. The van der Waals surface area contributed by atoms with E-state index in [4.69, 9.17) is 16.6 Å². The molecule has 0 atom stereocenters. The smallest absolute Gasteiger partial charge is 0.266 e. The molecule has 3 aromatic carbocycles. The fourth-order valence-corrected chi connectivity index (χ4v) is 4.48. The van der Waals surface area contributed by atoms with E-state index in [1.54, 1.807) is 34.9 Å². The van der Waals surface area contributed by atoms with Gasteiger partial charge in [-0.3, -0.25) is 14.2 Å². The van der Waals surface area contributed by atoms with Gasteiger partial charge in [-0.25, -0.2) is 4.98 Å². The molecular weight excluding hydrogens is 428 g/mol. The molecule has 0 aliphatic carbocycles. The van der Waals surface area contributed by atoms with Crippen LogP contribution in [0, 0.1) is 0 Å². The number of halogens is 1. The van der Waals surface area contributed by atoms with Crippen LogP contribution in [0.5, 0.6) is 0 Å². The molecule has 0 spiro atoms. The summed E-state index contributed by atoms with van der Waals surface area (Å²) in [4.78, 5) is 31.0. The summed E-state index contributed by atoms with van der Waals surface area (Å²) in [6.45, 7) is 4.18. The number of Topliss-reactive ketones (excluding diaryl/α,β-unsaturated/α-hetero) is 1. The molecule has 6 heteroatoms. The fraction of sp³-hybridized carbons (Fsp3) is 0.160. The number of benzene rings is 3. The highest BCUT2D eigenvalue weighted by Crippen LogP contribution is 2.27. The molecule has 0 unspecified atom stereocenters. The summed E-state index contributed by atoms with van der Waals surface area (Å²) in [5.74, 6) is 0.340. The minimum absolute atomic E-state index is 0.0484. The van der Waals surface area contributed by atoms with Crippen LogP contribution in [0.1, 0.15) is 35.7 Å². The van der Waals surface area contributed by atoms with Crippen LogP contribution >= 0.6 is 23.4 Å². The number of rotatable bonds is 6. The zero-order chi connectivity index (χ0) is 22.0. The van der Waals surface area contributed by atoms with E-state index in [0.29, 0.717) is 26.6 Å². The van der Waals surface area contributed by atoms with Crippen LogP contribution in [0.3, 0.4) is 0 Å². The number of carbonyl (C=O) groups is 1. The third-order valence-corrected chi connectivity index (χ3v) is 6.23. The molecule has 0 bridgehead atoms. The topological polar surface area (TPSA) is 52.0 Å². The molecule has 0 saturated heterocycles. The van der Waals surface area contributed by atoms with Crippen LogP contribution in [0.25, 0.3) is 16.6 Å². The summed E-state index contributed by atoms with van der Waals surface area (Å²) in [5, 5.41) is 1.63. The van der Waals surface area contributed by atoms with Gasteiger partial charge in [0.2, 0.25) is 0 Å². The van der Waals surface area contributed by atoms with Gasteiger partial charge in [-0.05, 0) is 53.9 Å². The highest BCUT2D eigenvalue weighted by atomic mass is 35.5. The molecule has 0 radical (unpaired) electrons. The summed E-state index contributed by atoms with van der Waals surface area (Å²) in [7, 11) is 0. The molecule has 1 aromatic heterocycles. The van der Waals surface area contributed by atoms with Gasteiger partial charge in [0, 0.05) is 10.6 Å². The van der Waals surface area contributed by atoms with E-state index in [2.05, 4.69) is 13.8 Å². The van der Waals surface area contributed by atoms with E-state index in [-0.39, 0.29) is 23.0 Å². The van der Waals surface area contributed by atoms with Crippen molar-refractivity contribution in [3.8, 4) is 5.69 Å². The van der Waals surface area contributed by atoms with Crippen molar-refractivity contribution in [1.82, 2.24) is 9.55 Å². The van der Waals surface area contributed by atoms with Crippen molar-refractivity contribution < 1.29 is 4.79 Å². The predicted octanol–water partition coefficient (Wildman–Crippen LogP) is 6.14. The number of hydrogen-bond acceptors (Lipinski definition) is 4. The first kappa shape index (κ1) is 21.3. The molecule has 4 rings (SSSR count). The van der Waals surface area contributed by atoms with Gasteiger partial charge in [-0.2, -0.15) is 0 Å². The largest absolute Gasteiger partial charge is 0.293 e. The molecular formula is C25H21ClN2O2S. The van der Waals surface area contributed by atoms with E-state index < -0.39 is 0 Å². The number of thioether (sulfide) groups is 1. The Kier molecular flexibility index (Phi) is 6.25. The first-order valence-electron chi connectivity index (χ1n) is 9.98. The summed E-state index contributed by atoms with van der Waals surface area (Å²) in [6.07, 6.45) is 0. The Morgan fingerprint density at radius 1 is 1.00 bits per heavy atom. The van der Waals surface area contributed by atoms with Gasteiger partial charge in [0.15, 0.2) is 10.9 Å². The molecule has 0 amide bonds. The number of ketones is 1. The van der Waals surface area contributed by atoms with Crippen molar-refractivity contribution >= 4 is 40.0 Å². The average Bonchev–Trinajstić information content (AvgIpc) is 2.78. The first-order valence-corrected chi connectivity index (χ1v) is 11.3. The molecule has 156 valence electrons. The molecule has 4 aromatic rings. The van der Waals surface area contributed by atoms with E-state index in [9.17, 15) is 9.59 Å². The summed E-state index contributed by atoms with van der Waals surface area (Å²) in [6, 6.07) is 21.9. The second-order valence-electron chi connectivity index (χ2n) is 7.48. The van der Waals surface area contributed by atoms with E-state index in [0.717, 1.165) is 11.3 Å². The van der Waals surface area contributed by atoms with E-state index in [1.807, 2.05) is 42.5 Å². The number of aromatic nitrogens is 2. The Morgan fingerprint density at radius 2 is 1.68 bits per heavy atom. The van der Waals surface area contributed by atoms with Gasteiger partial charge in [0.05, 0.1) is 22.3 Å². The van der Waals surface area contributed by atoms with Gasteiger partial charge in [0.25, 0.3) is 5.56 Å². The minimum Gasteiger partial charge on any atom is -0.293 e. The van der Waals surface area contributed by atoms with Crippen LogP contribution in [-0.4, -0.2) is 21.1 Å². The molecule has 0 aliphatic heterocycles. The maximum Gasteiger partial charge on any atom is 0.266 e. The fourth-order valence-electron chi connectivity index (χ4n) is 3.45. The third-order valence-electron chi connectivity index (χ3n) is 5.04. The molecule has 1 heterocycles. The van der Waals surface area contributed by atoms with Gasteiger partial charge >= 0.3 is 0 Å². The summed E-state index contributed by atoms with van der Waals surface area (Å²) >= 11 is 7.19. The summed E-state index contributed by atoms with van der Waals surface area (Å²) in [5.41, 5.74) is 2.90. The Hall–Kier alpha value is -2.89. The van der Waals surface area contributed by atoms with Gasteiger partial charge < -0.3 is 0 Å². The summed E-state index contributed by atoms with van der Waals surface area (Å²) < 4.78 is 1.64. The van der Waals surface area contributed by atoms with Crippen LogP contribution in [-0.2, 0) is 0 Å². The quantitative estimate of drug-likeness (QED) is 0.202. The van der Waals surface area contributed by atoms with Crippen LogP contribution in [0.15, 0.2) is 82.7 Å². The lowest BCUT2D eigenvalue weighted by Crippen LogP contribution is -2.23. The zero-order valence-corrected chi connectivity index (χ0v) is 18.8. The van der Waals surface area contributed by atoms with Crippen molar-refractivity contribution in [3.05, 3.63) is 99.3 Å². The van der Waals surface area contributed by atoms with Crippen LogP contribution in [0.4, 0.5) is 0 Å². The van der Waals surface area contributed by atoms with Crippen LogP contribution in [0.2, 0.25) is 5.02 Å². The second kappa shape index (κ2) is 9.08. The molecule has 31 heavy (non-hydrogen) atoms. The first-order chi connectivity index (χ1) is 15.0. The monoisotopic (exact) mass is 448 g/mol. The number of nitrogens with zero attached hydrogens (tertiary/aromatic N) is 2. The Labute approximate surface area is 189 Å². The van der Waals surface area contributed by atoms with Gasteiger partial charge in [0.1, 0.15) is 0 Å². The SMILES string of the molecule is CC(C)c1ccccc1-n1c(SCC(=O)c2ccc(Cl)cc2)nc2ccccc2c1=O. The lowest BCUT2D eigenvalue weighted by atomic mass is 10.0. The van der Waals surface area contributed by atoms with E-state index in [1.165, 1.54) is 11.8 Å². The van der Waals surface area contributed by atoms with Gasteiger partial charge in [-0.1, -0.05) is 67.5 Å². The van der Waals surface area contributed by atoms with Crippen LogP contribution < -0.4 is 5.56 Å². The van der Waals surface area contributed by atoms with Crippen molar-refractivity contribution in [3.63, 3.8) is 0 Å². The minimum atomic E-state index is -0.139. The third kappa shape index (κ3) is 4.43. The lowest BCUT2D eigenvalue weighted by molar-refractivity contribution is 0.102. The highest BCUT2D eigenvalue weighted by Gasteiger charge is 2.18. The Morgan fingerprint density at radius 3 is 2.42 bits per heavy atom. The van der Waals surface area contributed by atoms with Crippen molar-refractivity contribution in [2.45, 2.75) is 24.9 Å². The Balaban J connectivity index is 1.81. The Bertz CT molecular complexity index is 1310. The predicted molar refractivity (Wildman–Crippen MR) is 128 cm³/mol. The van der Waals surface area contributed by atoms with Crippen molar-refractivity contribution in [2.24, 2.45) is 0 Å². The van der Waals surface area contributed by atoms with E-state index >= 15 is 0 Å². The zero-order valence-electron chi connectivity index (χ0n) is 17.2. The standard InChI is InChI=1S/C25H21ClN2O2S/c1-16(2)19-7-4-6-10-22(19)28-24(30)20-8-3-5-9-21(20)27-25(28)31-15-23(29)17-11-13-18(26)14-12-17/h3-14,16H,15H2,1-2H3. The van der Waals surface area contributed by atoms with Crippen molar-refractivity contribution in [1.29, 1.82) is 0 Å². The molecule has 0 fully saturated rings. The number of hydrogen-bond donors (Lipinski definition) is 0. The normalized spacial score (nSPS) is 11.2. The van der Waals surface area contributed by atoms with Gasteiger partial charge in [-0.15, -0.1) is 0 Å². The second-order valence-corrected chi connectivity index (χ2v) is 8.86.